The zero-order valence-corrected chi connectivity index (χ0v) is 14.5. The Morgan fingerprint density at radius 3 is 2.39 bits per heavy atom. The maximum absolute atomic E-state index is 13.3. The number of halogens is 1. The predicted molar refractivity (Wildman–Crippen MR) is 102 cm³/mol. The average Bonchev–Trinajstić information content (AvgIpc) is 2.74. The average molecular weight is 375 g/mol. The van der Waals surface area contributed by atoms with Crippen molar-refractivity contribution in [3.05, 3.63) is 94.5 Å². The monoisotopic (exact) mass is 375 g/mol. The van der Waals surface area contributed by atoms with Crippen molar-refractivity contribution < 1.29 is 14.4 Å². The summed E-state index contributed by atoms with van der Waals surface area (Å²) in [6.45, 7) is 0. The molecule has 1 aromatic heterocycles. The summed E-state index contributed by atoms with van der Waals surface area (Å²) in [4.78, 5) is 24.7. The lowest BCUT2D eigenvalue weighted by Gasteiger charge is -2.12. The third-order valence-corrected chi connectivity index (χ3v) is 4.38. The van der Waals surface area contributed by atoms with Crippen LogP contribution in [-0.4, -0.2) is 20.9 Å². The number of carbonyl (C=O) groups is 1. The first-order valence-corrected chi connectivity index (χ1v) is 8.41. The van der Waals surface area contributed by atoms with Gasteiger partial charge in [0.1, 0.15) is 5.82 Å². The molecule has 0 aliphatic rings. The van der Waals surface area contributed by atoms with Crippen LogP contribution in [0.3, 0.4) is 0 Å². The van der Waals surface area contributed by atoms with Crippen LogP contribution in [0, 0.1) is 5.82 Å². The molecular formula is C21H14FN3O3. The minimum absolute atomic E-state index is 0.241. The predicted octanol–water partition coefficient (Wildman–Crippen LogP) is 3.31. The third-order valence-electron chi connectivity index (χ3n) is 4.38. The number of fused-ring (bicyclic) bond motifs is 1. The molecule has 3 aromatic carbocycles. The molecule has 0 bridgehead atoms. The second kappa shape index (κ2) is 7.05. The highest BCUT2D eigenvalue weighted by Crippen LogP contribution is 2.26. The van der Waals surface area contributed by atoms with E-state index in [1.54, 1.807) is 54.0 Å². The van der Waals surface area contributed by atoms with Gasteiger partial charge in [0.2, 0.25) is 0 Å². The summed E-state index contributed by atoms with van der Waals surface area (Å²) in [6, 6.07) is 19.0. The Bertz CT molecular complexity index is 1250. The number of carbonyl (C=O) groups excluding carboxylic acids is 1. The maximum atomic E-state index is 13.3. The van der Waals surface area contributed by atoms with Crippen molar-refractivity contribution in [3.8, 4) is 16.9 Å². The van der Waals surface area contributed by atoms with Crippen molar-refractivity contribution in [3.63, 3.8) is 0 Å². The Morgan fingerprint density at radius 1 is 0.964 bits per heavy atom. The molecule has 2 N–H and O–H groups in total. The van der Waals surface area contributed by atoms with Gasteiger partial charge in [-0.15, -0.1) is 0 Å². The first kappa shape index (κ1) is 17.6. The van der Waals surface area contributed by atoms with E-state index >= 15 is 0 Å². The minimum Gasteiger partial charge on any atom is -0.288 e. The van der Waals surface area contributed by atoms with Gasteiger partial charge in [-0.3, -0.25) is 14.8 Å². The number of nitrogens with zero attached hydrogens (tertiary/aromatic N) is 2. The molecule has 0 saturated carbocycles. The highest BCUT2D eigenvalue weighted by Gasteiger charge is 2.14. The smallest absolute Gasteiger partial charge is 0.279 e. The van der Waals surface area contributed by atoms with Crippen molar-refractivity contribution in [2.24, 2.45) is 0 Å². The van der Waals surface area contributed by atoms with E-state index < -0.39 is 11.7 Å². The second-order valence-corrected chi connectivity index (χ2v) is 6.11. The fraction of sp³-hybridized carbons (Fsp3) is 0. The minimum atomic E-state index is -0.655. The fourth-order valence-electron chi connectivity index (χ4n) is 3.03. The van der Waals surface area contributed by atoms with E-state index in [4.69, 9.17) is 5.21 Å². The Hall–Kier alpha value is -3.84. The van der Waals surface area contributed by atoms with Crippen molar-refractivity contribution in [1.29, 1.82) is 0 Å². The number of aromatic nitrogens is 2. The third kappa shape index (κ3) is 3.04. The molecule has 7 heteroatoms. The Kier molecular flexibility index (Phi) is 4.42. The summed E-state index contributed by atoms with van der Waals surface area (Å²) in [5.41, 5.74) is 2.99. The van der Waals surface area contributed by atoms with Crippen LogP contribution in [0.2, 0.25) is 0 Å². The lowest BCUT2D eigenvalue weighted by atomic mass is 10.0. The van der Waals surface area contributed by atoms with Crippen LogP contribution in [0.4, 0.5) is 4.39 Å². The van der Waals surface area contributed by atoms with Gasteiger partial charge in [0.25, 0.3) is 11.5 Å². The number of hydrogen-bond donors (Lipinski definition) is 2. The fourth-order valence-corrected chi connectivity index (χ4v) is 3.03. The van der Waals surface area contributed by atoms with Gasteiger partial charge in [-0.25, -0.2) is 9.87 Å². The summed E-state index contributed by atoms with van der Waals surface area (Å²) in [5, 5.41) is 14.4. The van der Waals surface area contributed by atoms with Gasteiger partial charge in [-0.05, 0) is 42.5 Å². The summed E-state index contributed by atoms with van der Waals surface area (Å²) in [6.07, 6.45) is 0. The number of hydroxylamine groups is 1. The molecule has 4 rings (SSSR count). The van der Waals surface area contributed by atoms with E-state index in [0.717, 1.165) is 0 Å². The van der Waals surface area contributed by atoms with Crippen molar-refractivity contribution in [1.82, 2.24) is 15.3 Å². The molecule has 138 valence electrons. The molecule has 6 nitrogen and oxygen atoms in total. The normalized spacial score (nSPS) is 10.8. The highest BCUT2D eigenvalue weighted by atomic mass is 19.1. The molecule has 0 atom stereocenters. The number of hydrogen-bond acceptors (Lipinski definition) is 4. The molecule has 0 radical (unpaired) electrons. The number of rotatable bonds is 3. The van der Waals surface area contributed by atoms with Gasteiger partial charge in [0, 0.05) is 16.5 Å². The largest absolute Gasteiger partial charge is 0.288 e. The molecule has 1 heterocycles. The van der Waals surface area contributed by atoms with Crippen molar-refractivity contribution in [2.75, 3.05) is 0 Å². The van der Waals surface area contributed by atoms with Crippen LogP contribution in [0.15, 0.2) is 77.6 Å². The van der Waals surface area contributed by atoms with Crippen LogP contribution in [0.1, 0.15) is 10.4 Å². The summed E-state index contributed by atoms with van der Waals surface area (Å²) in [5.74, 6) is -1.07. The van der Waals surface area contributed by atoms with Crippen LogP contribution >= 0.6 is 0 Å². The van der Waals surface area contributed by atoms with Gasteiger partial charge in [-0.2, -0.15) is 9.78 Å². The maximum Gasteiger partial charge on any atom is 0.279 e. The SMILES string of the molecule is O=C(NO)c1cccc(-c2nn(-c3ccc(F)cc3)c(=O)c3ccccc23)c1. The van der Waals surface area contributed by atoms with E-state index in [0.29, 0.717) is 27.7 Å². The van der Waals surface area contributed by atoms with Gasteiger partial charge < -0.3 is 0 Å². The zero-order chi connectivity index (χ0) is 19.7. The summed E-state index contributed by atoms with van der Waals surface area (Å²) in [7, 11) is 0. The van der Waals surface area contributed by atoms with E-state index in [2.05, 4.69) is 5.10 Å². The first-order valence-electron chi connectivity index (χ1n) is 8.41. The Balaban J connectivity index is 2.01. The van der Waals surface area contributed by atoms with Gasteiger partial charge in [0.05, 0.1) is 16.8 Å². The molecule has 0 fully saturated rings. The molecule has 0 aliphatic carbocycles. The van der Waals surface area contributed by atoms with Crippen molar-refractivity contribution in [2.45, 2.75) is 0 Å². The Morgan fingerprint density at radius 2 is 1.68 bits per heavy atom. The molecule has 4 aromatic rings. The summed E-state index contributed by atoms with van der Waals surface area (Å²) >= 11 is 0. The number of nitrogens with one attached hydrogen (secondary N) is 1. The van der Waals surface area contributed by atoms with E-state index in [1.165, 1.54) is 28.9 Å². The quantitative estimate of drug-likeness (QED) is 0.425. The Labute approximate surface area is 158 Å². The number of amides is 1. The molecular weight excluding hydrogens is 361 g/mol. The second-order valence-electron chi connectivity index (χ2n) is 6.11. The lowest BCUT2D eigenvalue weighted by molar-refractivity contribution is 0.0706. The lowest BCUT2D eigenvalue weighted by Crippen LogP contribution is -2.22. The van der Waals surface area contributed by atoms with Crippen LogP contribution < -0.4 is 11.0 Å². The molecule has 0 spiro atoms. The van der Waals surface area contributed by atoms with Crippen LogP contribution in [-0.2, 0) is 0 Å². The molecule has 0 unspecified atom stereocenters. The van der Waals surface area contributed by atoms with E-state index in [1.807, 2.05) is 0 Å². The van der Waals surface area contributed by atoms with Gasteiger partial charge in [-0.1, -0.05) is 30.3 Å². The van der Waals surface area contributed by atoms with Crippen molar-refractivity contribution >= 4 is 16.7 Å². The topological polar surface area (TPSA) is 84.2 Å². The highest BCUT2D eigenvalue weighted by molar-refractivity contribution is 5.97. The van der Waals surface area contributed by atoms with Gasteiger partial charge >= 0.3 is 0 Å². The van der Waals surface area contributed by atoms with Crippen LogP contribution in [0.25, 0.3) is 27.7 Å². The first-order chi connectivity index (χ1) is 13.6. The molecule has 0 aliphatic heterocycles. The molecule has 1 amide bonds. The van der Waals surface area contributed by atoms with E-state index in [-0.39, 0.29) is 11.1 Å². The zero-order valence-electron chi connectivity index (χ0n) is 14.5. The van der Waals surface area contributed by atoms with Crippen LogP contribution in [0.5, 0.6) is 0 Å². The standard InChI is InChI=1S/C21H14FN3O3/c22-15-8-10-16(11-9-15)25-21(27)18-7-2-1-6-17(18)19(23-25)13-4-3-5-14(12-13)20(26)24-28/h1-12,28H,(H,24,26). The molecule has 28 heavy (non-hydrogen) atoms. The number of benzene rings is 3. The molecule has 0 saturated heterocycles. The van der Waals surface area contributed by atoms with E-state index in [9.17, 15) is 14.0 Å². The summed E-state index contributed by atoms with van der Waals surface area (Å²) < 4.78 is 14.5. The van der Waals surface area contributed by atoms with Gasteiger partial charge in [0.15, 0.2) is 0 Å².